The van der Waals surface area contributed by atoms with E-state index in [0.717, 1.165) is 31.8 Å². The largest absolute Gasteiger partial charge is 0.320 e. The van der Waals surface area contributed by atoms with Gasteiger partial charge in [0.2, 0.25) is 10.0 Å². The van der Waals surface area contributed by atoms with Crippen molar-refractivity contribution in [2.75, 3.05) is 26.4 Å². The second-order valence-electron chi connectivity index (χ2n) is 5.17. The van der Waals surface area contributed by atoms with Crippen LogP contribution in [0, 0.1) is 0 Å². The normalized spacial score (nSPS) is 22.0. The number of hydrogen-bond donors (Lipinski definition) is 0. The van der Waals surface area contributed by atoms with Gasteiger partial charge in [0.25, 0.3) is 0 Å². The summed E-state index contributed by atoms with van der Waals surface area (Å²) in [6, 6.07) is 0.0528. The molecule has 0 amide bonds. The van der Waals surface area contributed by atoms with E-state index in [1.165, 1.54) is 10.6 Å². The quantitative estimate of drug-likeness (QED) is 0.758. The van der Waals surface area contributed by atoms with Crippen LogP contribution in [0.1, 0.15) is 18.7 Å². The van der Waals surface area contributed by atoms with Crippen LogP contribution in [0.25, 0.3) is 0 Å². The van der Waals surface area contributed by atoms with Crippen LogP contribution in [0.2, 0.25) is 0 Å². The second kappa shape index (κ2) is 5.56. The number of nitrogens with zero attached hydrogens (tertiary/aromatic N) is 5. The van der Waals surface area contributed by atoms with E-state index >= 15 is 0 Å². The highest BCUT2D eigenvalue weighted by molar-refractivity contribution is 7.88. The molecule has 0 N–H and O–H groups in total. The van der Waals surface area contributed by atoms with Crippen LogP contribution in [-0.4, -0.2) is 64.8 Å². The van der Waals surface area contributed by atoms with E-state index in [2.05, 4.69) is 15.1 Å². The van der Waals surface area contributed by atoms with Crippen molar-refractivity contribution >= 4 is 10.0 Å². The minimum atomic E-state index is -3.12. The van der Waals surface area contributed by atoms with Gasteiger partial charge in [0.1, 0.15) is 12.2 Å². The highest BCUT2D eigenvalue weighted by Crippen LogP contribution is 2.18. The number of likely N-dealkylation sites (N-methyl/N-ethyl adjacent to an activating group) is 1. The summed E-state index contributed by atoms with van der Waals surface area (Å²) in [6.07, 6.45) is 4.86. The summed E-state index contributed by atoms with van der Waals surface area (Å²) in [5.41, 5.74) is 0. The molecule has 0 radical (unpaired) electrons. The van der Waals surface area contributed by atoms with Crippen molar-refractivity contribution in [1.82, 2.24) is 24.0 Å². The Morgan fingerprint density at radius 2 is 2.26 bits per heavy atom. The number of aromatic nitrogens is 3. The lowest BCUT2D eigenvalue weighted by Crippen LogP contribution is -2.48. The second-order valence-corrected chi connectivity index (χ2v) is 7.21. The van der Waals surface area contributed by atoms with E-state index in [4.69, 9.17) is 0 Å². The standard InChI is InChI=1S/C11H21N5O2S/c1-14-9-12-13-11(14)8-16-6-4-5-10(7-16)15(2)19(3,17)18/h9-10H,4-8H2,1-3H3. The first-order chi connectivity index (χ1) is 8.88. The lowest BCUT2D eigenvalue weighted by Gasteiger charge is -2.36. The van der Waals surface area contributed by atoms with E-state index in [1.807, 2.05) is 11.6 Å². The van der Waals surface area contributed by atoms with E-state index in [-0.39, 0.29) is 6.04 Å². The number of rotatable bonds is 4. The summed E-state index contributed by atoms with van der Waals surface area (Å²) in [7, 11) is 0.452. The third-order valence-corrected chi connectivity index (χ3v) is 5.03. The molecule has 1 fully saturated rings. The molecule has 8 heteroatoms. The molecule has 2 heterocycles. The highest BCUT2D eigenvalue weighted by Gasteiger charge is 2.28. The molecular weight excluding hydrogens is 266 g/mol. The lowest BCUT2D eigenvalue weighted by molar-refractivity contribution is 0.149. The number of likely N-dealkylation sites (tertiary alicyclic amines) is 1. The zero-order chi connectivity index (χ0) is 14.0. The van der Waals surface area contributed by atoms with Gasteiger partial charge in [-0.2, -0.15) is 0 Å². The van der Waals surface area contributed by atoms with Gasteiger partial charge in [-0.1, -0.05) is 0 Å². The first-order valence-corrected chi connectivity index (χ1v) is 8.21. The average Bonchev–Trinajstić information content (AvgIpc) is 2.73. The minimum Gasteiger partial charge on any atom is -0.320 e. The maximum Gasteiger partial charge on any atom is 0.211 e. The van der Waals surface area contributed by atoms with Crippen molar-refractivity contribution in [3.63, 3.8) is 0 Å². The van der Waals surface area contributed by atoms with Gasteiger partial charge in [-0.3, -0.25) is 4.90 Å². The minimum absolute atomic E-state index is 0.0528. The molecule has 1 aliphatic heterocycles. The van der Waals surface area contributed by atoms with Crippen molar-refractivity contribution in [2.24, 2.45) is 7.05 Å². The molecule has 1 saturated heterocycles. The van der Waals surface area contributed by atoms with E-state index in [9.17, 15) is 8.42 Å². The van der Waals surface area contributed by atoms with Gasteiger partial charge in [-0.15, -0.1) is 10.2 Å². The molecule has 1 aliphatic rings. The predicted octanol–water partition coefficient (Wildman–Crippen LogP) is -0.329. The van der Waals surface area contributed by atoms with E-state index < -0.39 is 10.0 Å². The molecule has 0 bridgehead atoms. The third-order valence-electron chi connectivity index (χ3n) is 3.69. The molecule has 19 heavy (non-hydrogen) atoms. The first-order valence-electron chi connectivity index (χ1n) is 6.36. The monoisotopic (exact) mass is 287 g/mol. The Hall–Kier alpha value is -0.990. The molecule has 1 aromatic rings. The molecule has 1 atom stereocenters. The van der Waals surface area contributed by atoms with Crippen molar-refractivity contribution in [3.05, 3.63) is 12.2 Å². The summed E-state index contributed by atoms with van der Waals surface area (Å²) in [4.78, 5) is 2.24. The molecule has 0 aromatic carbocycles. The number of piperidine rings is 1. The van der Waals surface area contributed by atoms with E-state index in [0.29, 0.717) is 6.54 Å². The molecule has 0 saturated carbocycles. The van der Waals surface area contributed by atoms with Crippen LogP contribution < -0.4 is 0 Å². The first kappa shape index (κ1) is 14.4. The molecule has 0 spiro atoms. The molecule has 1 aromatic heterocycles. The maximum atomic E-state index is 11.6. The SMILES string of the molecule is CN(C1CCCN(Cc2nncn2C)C1)S(C)(=O)=O. The molecule has 7 nitrogen and oxygen atoms in total. The Morgan fingerprint density at radius 3 is 2.84 bits per heavy atom. The Bertz CT molecular complexity index is 527. The van der Waals surface area contributed by atoms with Crippen LogP contribution in [0.3, 0.4) is 0 Å². The molecule has 108 valence electrons. The van der Waals surface area contributed by atoms with Crippen LogP contribution in [0.15, 0.2) is 6.33 Å². The zero-order valence-electron chi connectivity index (χ0n) is 11.7. The Morgan fingerprint density at radius 1 is 1.53 bits per heavy atom. The van der Waals surface area contributed by atoms with Gasteiger partial charge < -0.3 is 4.57 Å². The van der Waals surface area contributed by atoms with Crippen molar-refractivity contribution in [1.29, 1.82) is 0 Å². The van der Waals surface area contributed by atoms with Crippen LogP contribution in [0.4, 0.5) is 0 Å². The smallest absolute Gasteiger partial charge is 0.211 e. The summed E-state index contributed by atoms with van der Waals surface area (Å²) >= 11 is 0. The average molecular weight is 287 g/mol. The van der Waals surface area contributed by atoms with Gasteiger partial charge in [0.05, 0.1) is 12.8 Å². The van der Waals surface area contributed by atoms with E-state index in [1.54, 1.807) is 13.4 Å². The molecule has 0 aliphatic carbocycles. The summed E-state index contributed by atoms with van der Waals surface area (Å²) in [5, 5.41) is 7.93. The lowest BCUT2D eigenvalue weighted by atomic mass is 10.1. The Labute approximate surface area is 114 Å². The summed E-state index contributed by atoms with van der Waals surface area (Å²) in [6.45, 7) is 2.43. The highest BCUT2D eigenvalue weighted by atomic mass is 32.2. The van der Waals surface area contributed by atoms with Crippen LogP contribution >= 0.6 is 0 Å². The third kappa shape index (κ3) is 3.52. The number of aryl methyl sites for hydroxylation is 1. The summed E-state index contributed by atoms with van der Waals surface area (Å²) < 4.78 is 26.6. The van der Waals surface area contributed by atoms with Gasteiger partial charge in [0.15, 0.2) is 0 Å². The fraction of sp³-hybridized carbons (Fsp3) is 0.818. The fourth-order valence-corrected chi connectivity index (χ4v) is 3.11. The molecule has 1 unspecified atom stereocenters. The molecule has 2 rings (SSSR count). The van der Waals surface area contributed by atoms with Crippen molar-refractivity contribution in [2.45, 2.75) is 25.4 Å². The maximum absolute atomic E-state index is 11.6. The zero-order valence-corrected chi connectivity index (χ0v) is 12.5. The summed E-state index contributed by atoms with van der Waals surface area (Å²) in [5.74, 6) is 0.905. The van der Waals surface area contributed by atoms with Crippen molar-refractivity contribution in [3.8, 4) is 0 Å². The topological polar surface area (TPSA) is 71.3 Å². The van der Waals surface area contributed by atoms with Gasteiger partial charge in [0, 0.05) is 26.7 Å². The molecular formula is C11H21N5O2S. The predicted molar refractivity (Wildman–Crippen MR) is 71.9 cm³/mol. The van der Waals surface area contributed by atoms with Crippen LogP contribution in [-0.2, 0) is 23.6 Å². The van der Waals surface area contributed by atoms with Gasteiger partial charge >= 0.3 is 0 Å². The Kier molecular flexibility index (Phi) is 4.22. The van der Waals surface area contributed by atoms with Gasteiger partial charge in [-0.05, 0) is 19.4 Å². The Balaban J connectivity index is 2.00. The number of sulfonamides is 1. The van der Waals surface area contributed by atoms with Crippen molar-refractivity contribution < 1.29 is 8.42 Å². The van der Waals surface area contributed by atoms with Crippen LogP contribution in [0.5, 0.6) is 0 Å². The fourth-order valence-electron chi connectivity index (χ4n) is 2.39. The van der Waals surface area contributed by atoms with Gasteiger partial charge in [-0.25, -0.2) is 12.7 Å². The number of hydrogen-bond acceptors (Lipinski definition) is 5.